The third-order valence-corrected chi connectivity index (χ3v) is 4.64. The molecule has 1 unspecified atom stereocenters. The molecule has 2 heterocycles. The summed E-state index contributed by atoms with van der Waals surface area (Å²) in [6, 6.07) is 12.0. The van der Waals surface area contributed by atoms with Crippen LogP contribution in [0, 0.1) is 0 Å². The van der Waals surface area contributed by atoms with Gasteiger partial charge in [-0.2, -0.15) is 0 Å². The van der Waals surface area contributed by atoms with Crippen molar-refractivity contribution in [2.24, 2.45) is 0 Å². The molecule has 0 bridgehead atoms. The van der Waals surface area contributed by atoms with Crippen LogP contribution in [-0.4, -0.2) is 73.8 Å². The molecular formula is C20H28N4O3. The second-order valence-electron chi connectivity index (χ2n) is 7.10. The lowest BCUT2D eigenvalue weighted by Crippen LogP contribution is -2.47. The smallest absolute Gasteiger partial charge is 0.221 e. The number of morpholine rings is 1. The fourth-order valence-electron chi connectivity index (χ4n) is 3.12. The van der Waals surface area contributed by atoms with Gasteiger partial charge in [0.25, 0.3) is 0 Å². The van der Waals surface area contributed by atoms with Crippen molar-refractivity contribution in [3.8, 4) is 11.3 Å². The van der Waals surface area contributed by atoms with E-state index >= 15 is 0 Å². The van der Waals surface area contributed by atoms with Crippen molar-refractivity contribution >= 4 is 5.91 Å². The van der Waals surface area contributed by atoms with Gasteiger partial charge in [0.05, 0.1) is 19.8 Å². The number of hydrogen-bond acceptors (Lipinski definition) is 6. The molecule has 27 heavy (non-hydrogen) atoms. The molecule has 0 aliphatic carbocycles. The number of aromatic nitrogens is 1. The summed E-state index contributed by atoms with van der Waals surface area (Å²) in [5.41, 5.74) is 1.86. The second kappa shape index (κ2) is 9.64. The fraction of sp³-hybridized carbons (Fsp3) is 0.500. The van der Waals surface area contributed by atoms with Gasteiger partial charge in [0, 0.05) is 43.7 Å². The molecule has 1 fully saturated rings. The molecule has 7 nitrogen and oxygen atoms in total. The zero-order chi connectivity index (χ0) is 19.1. The fourth-order valence-corrected chi connectivity index (χ4v) is 3.12. The van der Waals surface area contributed by atoms with Crippen LogP contribution >= 0.6 is 0 Å². The molecule has 7 heteroatoms. The summed E-state index contributed by atoms with van der Waals surface area (Å²) in [7, 11) is 3.98. The third kappa shape index (κ3) is 5.89. The van der Waals surface area contributed by atoms with E-state index in [4.69, 9.17) is 9.26 Å². The molecule has 0 radical (unpaired) electrons. The Labute approximate surface area is 160 Å². The highest BCUT2D eigenvalue weighted by molar-refractivity contribution is 5.76. The van der Waals surface area contributed by atoms with Crippen LogP contribution in [0.5, 0.6) is 0 Å². The Kier molecular flexibility index (Phi) is 6.98. The minimum atomic E-state index is 0.0448. The first-order chi connectivity index (χ1) is 13.1. The van der Waals surface area contributed by atoms with Gasteiger partial charge in [-0.3, -0.25) is 9.69 Å². The molecule has 0 spiro atoms. The monoisotopic (exact) mass is 372 g/mol. The van der Waals surface area contributed by atoms with Gasteiger partial charge in [0.2, 0.25) is 5.91 Å². The summed E-state index contributed by atoms with van der Waals surface area (Å²) in [5.74, 6) is 0.855. The predicted molar refractivity (Wildman–Crippen MR) is 103 cm³/mol. The van der Waals surface area contributed by atoms with Crippen LogP contribution in [0.25, 0.3) is 11.3 Å². The SMILES string of the molecule is CN(C)CCNC(=O)CC1COCCN1Cc1cc(-c2ccccc2)no1. The molecule has 1 saturated heterocycles. The van der Waals surface area contributed by atoms with E-state index in [-0.39, 0.29) is 11.9 Å². The summed E-state index contributed by atoms with van der Waals surface area (Å²) < 4.78 is 11.1. The molecule has 1 N–H and O–H groups in total. The lowest BCUT2D eigenvalue weighted by Gasteiger charge is -2.34. The van der Waals surface area contributed by atoms with Crippen LogP contribution in [0.4, 0.5) is 0 Å². The Morgan fingerprint density at radius 2 is 2.15 bits per heavy atom. The van der Waals surface area contributed by atoms with E-state index in [1.54, 1.807) is 0 Å². The van der Waals surface area contributed by atoms with E-state index in [9.17, 15) is 4.79 Å². The summed E-state index contributed by atoms with van der Waals surface area (Å²) in [4.78, 5) is 16.5. The zero-order valence-electron chi connectivity index (χ0n) is 16.1. The van der Waals surface area contributed by atoms with E-state index in [1.165, 1.54) is 0 Å². The number of carbonyl (C=O) groups is 1. The van der Waals surface area contributed by atoms with Crippen molar-refractivity contribution in [3.05, 3.63) is 42.2 Å². The third-order valence-electron chi connectivity index (χ3n) is 4.64. The molecule has 146 valence electrons. The van der Waals surface area contributed by atoms with Gasteiger partial charge >= 0.3 is 0 Å². The van der Waals surface area contributed by atoms with Crippen LogP contribution in [0.3, 0.4) is 0 Å². The average Bonchev–Trinajstić information content (AvgIpc) is 3.12. The van der Waals surface area contributed by atoms with E-state index in [0.717, 1.165) is 30.1 Å². The van der Waals surface area contributed by atoms with Crippen molar-refractivity contribution in [3.63, 3.8) is 0 Å². The minimum Gasteiger partial charge on any atom is -0.378 e. The number of likely N-dealkylation sites (N-methyl/N-ethyl adjacent to an activating group) is 1. The molecule has 2 aromatic rings. The Hall–Kier alpha value is -2.22. The number of amides is 1. The first-order valence-electron chi connectivity index (χ1n) is 9.36. The molecular weight excluding hydrogens is 344 g/mol. The van der Waals surface area contributed by atoms with Gasteiger partial charge in [-0.15, -0.1) is 0 Å². The minimum absolute atomic E-state index is 0.0448. The quantitative estimate of drug-likeness (QED) is 0.759. The van der Waals surface area contributed by atoms with Crippen LogP contribution in [0.1, 0.15) is 12.2 Å². The van der Waals surface area contributed by atoms with E-state index in [0.29, 0.717) is 32.7 Å². The maximum Gasteiger partial charge on any atom is 0.221 e. The average molecular weight is 372 g/mol. The van der Waals surface area contributed by atoms with Crippen molar-refractivity contribution in [1.82, 2.24) is 20.3 Å². The van der Waals surface area contributed by atoms with Gasteiger partial charge in [-0.25, -0.2) is 0 Å². The number of nitrogens with zero attached hydrogens (tertiary/aromatic N) is 3. The summed E-state index contributed by atoms with van der Waals surface area (Å²) in [5, 5.41) is 7.15. The summed E-state index contributed by atoms with van der Waals surface area (Å²) in [6.45, 7) is 4.11. The Bertz CT molecular complexity index is 717. The van der Waals surface area contributed by atoms with Crippen molar-refractivity contribution in [2.45, 2.75) is 19.0 Å². The van der Waals surface area contributed by atoms with E-state index < -0.39 is 0 Å². The number of hydrogen-bond donors (Lipinski definition) is 1. The zero-order valence-corrected chi connectivity index (χ0v) is 16.1. The number of rotatable bonds is 8. The number of carbonyl (C=O) groups excluding carboxylic acids is 1. The van der Waals surface area contributed by atoms with Crippen molar-refractivity contribution in [2.75, 3.05) is 46.9 Å². The summed E-state index contributed by atoms with van der Waals surface area (Å²) >= 11 is 0. The molecule has 1 aromatic carbocycles. The molecule has 1 amide bonds. The molecule has 1 aliphatic heterocycles. The normalized spacial score (nSPS) is 18.0. The highest BCUT2D eigenvalue weighted by atomic mass is 16.5. The lowest BCUT2D eigenvalue weighted by atomic mass is 10.1. The predicted octanol–water partition coefficient (Wildman–Crippen LogP) is 1.61. The van der Waals surface area contributed by atoms with Gasteiger partial charge in [-0.1, -0.05) is 35.5 Å². The van der Waals surface area contributed by atoms with Gasteiger partial charge in [-0.05, 0) is 14.1 Å². The number of nitrogens with one attached hydrogen (secondary N) is 1. The van der Waals surface area contributed by atoms with Crippen LogP contribution < -0.4 is 5.32 Å². The molecule has 1 atom stereocenters. The van der Waals surface area contributed by atoms with Crippen LogP contribution in [0.2, 0.25) is 0 Å². The largest absolute Gasteiger partial charge is 0.378 e. The number of ether oxygens (including phenoxy) is 1. The summed E-state index contributed by atoms with van der Waals surface area (Å²) in [6.07, 6.45) is 0.424. The number of benzene rings is 1. The Morgan fingerprint density at radius 3 is 2.93 bits per heavy atom. The first-order valence-corrected chi connectivity index (χ1v) is 9.36. The topological polar surface area (TPSA) is 70.8 Å². The van der Waals surface area contributed by atoms with E-state index in [2.05, 4.69) is 15.4 Å². The lowest BCUT2D eigenvalue weighted by molar-refractivity contribution is -0.124. The van der Waals surface area contributed by atoms with Gasteiger partial charge in [0.15, 0.2) is 5.76 Å². The van der Waals surface area contributed by atoms with Gasteiger partial charge < -0.3 is 19.5 Å². The highest BCUT2D eigenvalue weighted by Gasteiger charge is 2.26. The Morgan fingerprint density at radius 1 is 1.33 bits per heavy atom. The molecule has 1 aliphatic rings. The maximum absolute atomic E-state index is 12.2. The second-order valence-corrected chi connectivity index (χ2v) is 7.10. The molecule has 1 aromatic heterocycles. The standard InChI is InChI=1S/C20H28N4O3/c1-23(2)9-8-21-20(25)12-17-15-26-11-10-24(17)14-18-13-19(22-27-18)16-6-4-3-5-7-16/h3-7,13,17H,8-12,14-15H2,1-2H3,(H,21,25). The van der Waals surface area contributed by atoms with Gasteiger partial charge in [0.1, 0.15) is 5.69 Å². The first kappa shape index (κ1) is 19.5. The van der Waals surface area contributed by atoms with E-state index in [1.807, 2.05) is 55.4 Å². The van der Waals surface area contributed by atoms with Crippen molar-refractivity contribution in [1.29, 1.82) is 0 Å². The molecule has 3 rings (SSSR count). The maximum atomic E-state index is 12.2. The van der Waals surface area contributed by atoms with Crippen molar-refractivity contribution < 1.29 is 14.1 Å². The highest BCUT2D eigenvalue weighted by Crippen LogP contribution is 2.21. The Balaban J connectivity index is 1.56. The van der Waals surface area contributed by atoms with Crippen LogP contribution in [-0.2, 0) is 16.1 Å². The molecule has 0 saturated carbocycles. The van der Waals surface area contributed by atoms with Crippen LogP contribution in [0.15, 0.2) is 40.9 Å².